The Hall–Kier alpha value is -1.93. The fourth-order valence-corrected chi connectivity index (χ4v) is 3.93. The first-order valence-corrected chi connectivity index (χ1v) is 8.90. The van der Waals surface area contributed by atoms with Gasteiger partial charge in [-0.05, 0) is 24.6 Å². The number of nitrogens with one attached hydrogen (secondary N) is 1. The van der Waals surface area contributed by atoms with Gasteiger partial charge in [0.2, 0.25) is 0 Å². The number of amides is 1. The third-order valence-corrected chi connectivity index (χ3v) is 5.62. The summed E-state index contributed by atoms with van der Waals surface area (Å²) in [5.41, 5.74) is 1.20. The summed E-state index contributed by atoms with van der Waals surface area (Å²) in [4.78, 5) is 22.5. The first kappa shape index (κ1) is 19.1. The highest BCUT2D eigenvalue weighted by Crippen LogP contribution is 2.22. The van der Waals surface area contributed by atoms with Crippen LogP contribution in [0.15, 0.2) is 29.2 Å². The normalized spacial score (nSPS) is 12.6. The molecule has 0 spiro atoms. The number of hydrogen-bond donors (Lipinski definition) is 3. The zero-order valence-electron chi connectivity index (χ0n) is 12.9. The Labute approximate surface area is 135 Å². The zero-order valence-corrected chi connectivity index (χ0v) is 13.7. The molecule has 0 radical (unpaired) electrons. The predicted molar refractivity (Wildman–Crippen MR) is 83.1 cm³/mol. The van der Waals surface area contributed by atoms with E-state index in [9.17, 15) is 18.0 Å². The van der Waals surface area contributed by atoms with Gasteiger partial charge in [-0.3, -0.25) is 10.0 Å². The van der Waals surface area contributed by atoms with Crippen molar-refractivity contribution in [3.8, 4) is 0 Å². The van der Waals surface area contributed by atoms with Gasteiger partial charge in [0.05, 0.1) is 10.5 Å². The molecule has 0 bridgehead atoms. The van der Waals surface area contributed by atoms with Crippen molar-refractivity contribution in [3.05, 3.63) is 29.8 Å². The SMILES string of the molecule is CCCCCCC(C(=O)NO)S(=O)(=O)c1cccc(C(=O)O)c1. The molecule has 0 heterocycles. The second-order valence-corrected chi connectivity index (χ2v) is 7.32. The van der Waals surface area contributed by atoms with Crippen molar-refractivity contribution < 1.29 is 28.3 Å². The highest BCUT2D eigenvalue weighted by Gasteiger charge is 2.33. The van der Waals surface area contributed by atoms with E-state index in [0.717, 1.165) is 25.3 Å². The van der Waals surface area contributed by atoms with E-state index >= 15 is 0 Å². The minimum Gasteiger partial charge on any atom is -0.478 e. The van der Waals surface area contributed by atoms with Crippen LogP contribution < -0.4 is 5.48 Å². The molecule has 0 aliphatic carbocycles. The van der Waals surface area contributed by atoms with Crippen molar-refractivity contribution in [3.63, 3.8) is 0 Å². The number of aromatic carboxylic acids is 1. The van der Waals surface area contributed by atoms with Crippen LogP contribution in [0.3, 0.4) is 0 Å². The fraction of sp³-hybridized carbons (Fsp3) is 0.467. The minimum absolute atomic E-state index is 0.0615. The number of sulfone groups is 1. The van der Waals surface area contributed by atoms with Gasteiger partial charge in [0.25, 0.3) is 5.91 Å². The summed E-state index contributed by atoms with van der Waals surface area (Å²) in [6, 6.07) is 4.83. The number of unbranched alkanes of at least 4 members (excludes halogenated alkanes) is 3. The van der Waals surface area contributed by atoms with Crippen LogP contribution in [0.25, 0.3) is 0 Å². The molecule has 1 atom stereocenters. The lowest BCUT2D eigenvalue weighted by atomic mass is 10.1. The average Bonchev–Trinajstić information content (AvgIpc) is 2.54. The Morgan fingerprint density at radius 1 is 1.22 bits per heavy atom. The molecule has 0 fully saturated rings. The Bertz CT molecular complexity index is 656. The van der Waals surface area contributed by atoms with Crippen LogP contribution >= 0.6 is 0 Å². The van der Waals surface area contributed by atoms with E-state index in [1.807, 2.05) is 6.92 Å². The first-order chi connectivity index (χ1) is 10.8. The number of carboxylic acid groups (broad SMARTS) is 1. The fourth-order valence-electron chi connectivity index (χ4n) is 2.23. The van der Waals surface area contributed by atoms with Crippen molar-refractivity contribution in [1.82, 2.24) is 5.48 Å². The van der Waals surface area contributed by atoms with E-state index in [-0.39, 0.29) is 16.9 Å². The molecule has 128 valence electrons. The lowest BCUT2D eigenvalue weighted by molar-refractivity contribution is -0.128. The highest BCUT2D eigenvalue weighted by atomic mass is 32.2. The maximum atomic E-state index is 12.6. The summed E-state index contributed by atoms with van der Waals surface area (Å²) >= 11 is 0. The van der Waals surface area contributed by atoms with Crippen LogP contribution in [0.4, 0.5) is 0 Å². The average molecular weight is 343 g/mol. The second-order valence-electron chi connectivity index (χ2n) is 5.19. The van der Waals surface area contributed by atoms with Gasteiger partial charge in [-0.1, -0.05) is 38.7 Å². The maximum Gasteiger partial charge on any atom is 0.335 e. The molecule has 1 aromatic carbocycles. The third-order valence-electron chi connectivity index (χ3n) is 3.51. The number of carbonyl (C=O) groups is 2. The van der Waals surface area contributed by atoms with Crippen LogP contribution in [0, 0.1) is 0 Å². The first-order valence-electron chi connectivity index (χ1n) is 7.35. The molecule has 3 N–H and O–H groups in total. The zero-order chi connectivity index (χ0) is 17.5. The Morgan fingerprint density at radius 3 is 2.48 bits per heavy atom. The molecular formula is C15H21NO6S. The van der Waals surface area contributed by atoms with Crippen molar-refractivity contribution in [1.29, 1.82) is 0 Å². The molecule has 0 aliphatic rings. The summed E-state index contributed by atoms with van der Waals surface area (Å²) in [6.45, 7) is 2.01. The van der Waals surface area contributed by atoms with Crippen LogP contribution in [-0.2, 0) is 14.6 Å². The number of hydrogen-bond acceptors (Lipinski definition) is 5. The van der Waals surface area contributed by atoms with Gasteiger partial charge in [0.15, 0.2) is 9.84 Å². The van der Waals surface area contributed by atoms with Crippen molar-refractivity contribution in [2.45, 2.75) is 49.2 Å². The summed E-state index contributed by atoms with van der Waals surface area (Å²) < 4.78 is 25.2. The lowest BCUT2D eigenvalue weighted by Crippen LogP contribution is -2.38. The molecule has 23 heavy (non-hydrogen) atoms. The molecule has 0 saturated heterocycles. The largest absolute Gasteiger partial charge is 0.478 e. The molecule has 0 aromatic heterocycles. The molecule has 8 heteroatoms. The number of rotatable bonds is 9. The molecule has 7 nitrogen and oxygen atoms in total. The van der Waals surface area contributed by atoms with Gasteiger partial charge in [-0.2, -0.15) is 0 Å². The quantitative estimate of drug-likeness (QED) is 0.358. The van der Waals surface area contributed by atoms with E-state index in [1.165, 1.54) is 23.7 Å². The molecular weight excluding hydrogens is 322 g/mol. The summed E-state index contributed by atoms with van der Waals surface area (Å²) in [5.74, 6) is -2.27. The molecule has 1 rings (SSSR count). The Balaban J connectivity index is 3.09. The highest BCUT2D eigenvalue weighted by molar-refractivity contribution is 7.92. The lowest BCUT2D eigenvalue weighted by Gasteiger charge is -2.16. The van der Waals surface area contributed by atoms with E-state index in [4.69, 9.17) is 10.3 Å². The standard InChI is InChI=1S/C15H21NO6S/c1-2-3-4-5-9-13(14(17)16-20)23(21,22)12-8-6-7-11(10-12)15(18)19/h6-8,10,13,20H,2-5,9H2,1H3,(H,16,17)(H,18,19). The van der Waals surface area contributed by atoms with Crippen molar-refractivity contribution in [2.24, 2.45) is 0 Å². The van der Waals surface area contributed by atoms with Crippen LogP contribution in [-0.4, -0.2) is 35.9 Å². The topological polar surface area (TPSA) is 121 Å². The number of carboxylic acids is 1. The summed E-state index contributed by atoms with van der Waals surface area (Å²) in [5, 5.41) is 16.3. The van der Waals surface area contributed by atoms with Gasteiger partial charge < -0.3 is 5.11 Å². The molecule has 1 amide bonds. The third kappa shape index (κ3) is 5.04. The van der Waals surface area contributed by atoms with Crippen LogP contribution in [0.5, 0.6) is 0 Å². The van der Waals surface area contributed by atoms with Crippen LogP contribution in [0.2, 0.25) is 0 Å². The number of hydroxylamine groups is 1. The molecule has 0 saturated carbocycles. The minimum atomic E-state index is -4.09. The summed E-state index contributed by atoms with van der Waals surface area (Å²) in [6.07, 6.45) is 3.23. The van der Waals surface area contributed by atoms with E-state index in [2.05, 4.69) is 0 Å². The van der Waals surface area contributed by atoms with Crippen LogP contribution in [0.1, 0.15) is 49.4 Å². The second kappa shape index (κ2) is 8.64. The van der Waals surface area contributed by atoms with Gasteiger partial charge in [0, 0.05) is 0 Å². The van der Waals surface area contributed by atoms with Crippen molar-refractivity contribution >= 4 is 21.7 Å². The maximum absolute atomic E-state index is 12.6. The molecule has 1 unspecified atom stereocenters. The summed E-state index contributed by atoms with van der Waals surface area (Å²) in [7, 11) is -4.09. The smallest absolute Gasteiger partial charge is 0.335 e. The monoisotopic (exact) mass is 343 g/mol. The molecule has 0 aliphatic heterocycles. The number of benzene rings is 1. The molecule has 1 aromatic rings. The van der Waals surface area contributed by atoms with E-state index < -0.39 is 27.0 Å². The van der Waals surface area contributed by atoms with E-state index in [0.29, 0.717) is 6.42 Å². The van der Waals surface area contributed by atoms with Gasteiger partial charge in [-0.15, -0.1) is 0 Å². The Kier molecular flexibility index (Phi) is 7.18. The van der Waals surface area contributed by atoms with E-state index in [1.54, 1.807) is 0 Å². The Morgan fingerprint density at radius 2 is 1.91 bits per heavy atom. The predicted octanol–water partition coefficient (Wildman–Crippen LogP) is 2.00. The van der Waals surface area contributed by atoms with Gasteiger partial charge >= 0.3 is 5.97 Å². The van der Waals surface area contributed by atoms with Crippen molar-refractivity contribution in [2.75, 3.05) is 0 Å². The van der Waals surface area contributed by atoms with Gasteiger partial charge in [-0.25, -0.2) is 18.7 Å². The van der Waals surface area contributed by atoms with Gasteiger partial charge in [0.1, 0.15) is 5.25 Å². The number of carbonyl (C=O) groups excluding carboxylic acids is 1.